The average molecular weight is 1270 g/mol. The highest BCUT2D eigenvalue weighted by Gasteiger charge is 2.80. The van der Waals surface area contributed by atoms with Gasteiger partial charge in [-0.05, 0) is 90.2 Å². The number of ether oxygens (including phenoxy) is 15. The summed E-state index contributed by atoms with van der Waals surface area (Å²) in [6.07, 6.45) is -16.4. The Bertz CT molecular complexity index is 2610. The number of hydrogen-bond acceptors (Lipinski definition) is 25. The van der Waals surface area contributed by atoms with Crippen LogP contribution >= 0.6 is 0 Å². The predicted molar refractivity (Wildman–Crippen MR) is 309 cm³/mol. The quantitative estimate of drug-likeness (QED) is 0.0557. The van der Waals surface area contributed by atoms with E-state index in [4.69, 9.17) is 71.1 Å². The molecule has 1 aromatic carbocycles. The summed E-state index contributed by atoms with van der Waals surface area (Å²) in [5.74, 6) is -2.70. The molecule has 8 fully saturated rings. The van der Waals surface area contributed by atoms with E-state index >= 15 is 0 Å². The van der Waals surface area contributed by atoms with Crippen molar-refractivity contribution in [1.29, 1.82) is 0 Å². The molecule has 0 bridgehead atoms. The number of benzene rings is 1. The molecule has 0 radical (unpaired) electrons. The van der Waals surface area contributed by atoms with Crippen LogP contribution in [0.2, 0.25) is 0 Å². The number of ketones is 1. The molecule has 25 nitrogen and oxygen atoms in total. The van der Waals surface area contributed by atoms with Crippen molar-refractivity contribution in [3.8, 4) is 0 Å². The van der Waals surface area contributed by atoms with Crippen LogP contribution in [-0.2, 0) is 80.6 Å². The number of methoxy groups -OCH3 is 4. The van der Waals surface area contributed by atoms with E-state index in [2.05, 4.69) is 0 Å². The smallest absolute Gasteiger partial charge is 0.331 e. The molecule has 0 aromatic heterocycles. The standard InChI is InChI=1S/C64H96O25/c1-30(66)38-21-24-64(74)62(38,7)58(85-43(67)18-17-35-15-13-12-14-16-35)51(72)57-61(6)22-20-37(25-36(61)19-23-63(57,64)73)83-44-26-39(75-8)52(31(2)79-44)86-45-27-40(76-9)53(32(3)80-45)87-46-28-41(77-10)54(33(4)81-46)88-60-50(71)56(78-11)55(34(5)82-60)89-59-49(70)48(69)47(68)42(29-65)84-59/h12-19,31-34,37-42,44-60,65,68-74H,20-29H2,1-11H3/b18-17+/t31-,32-,33-,34-,37+,38-,39+,40+,41-,42-,44+,45+,46+,47-,48+,49-,50-,51+,52-,53-,54-,55-,56+,57-,58-,59+,60+,61+,62+,63+,64-/m1/s1. The van der Waals surface area contributed by atoms with Gasteiger partial charge in [-0.1, -0.05) is 55.8 Å². The van der Waals surface area contributed by atoms with Gasteiger partial charge in [0.1, 0.15) is 84.1 Å². The number of fused-ring (bicyclic) bond motifs is 5. The van der Waals surface area contributed by atoms with Gasteiger partial charge in [-0.3, -0.25) is 4.79 Å². The van der Waals surface area contributed by atoms with Crippen LogP contribution in [0.5, 0.6) is 0 Å². The van der Waals surface area contributed by atoms with Crippen molar-refractivity contribution >= 4 is 17.8 Å². The second-order valence-corrected chi connectivity index (χ2v) is 26.5. The zero-order valence-electron chi connectivity index (χ0n) is 52.8. The molecule has 9 aliphatic rings. The SMILES string of the molecule is CO[C@H]1[C@@H](O)[C@H](O[C@@H]2[C@@H](C)O[C@@H](O[C@H]3[C@@H](OC)C[C@H](O[C@H]4[C@@H](OC)C[C@H](O[C@H]5CC[C@@]6(C)C(=CC[C@]7(O)[C@@H]6[C@H](O)[C@@H](OC(=O)/C=C/c6ccccc6)[C@]6(C)[C@@H](C(C)=O)CC[C@@]67O)C5)O[C@@H]4C)O[C@@H]3C)C[C@H]2OC)O[C@H](C)[C@H]1O[C@@H]1O[C@H](CO)[C@@H](O)[C@H](O)[C@H]1O. The third-order valence-corrected chi connectivity index (χ3v) is 21.5. The number of carbonyl (C=O) groups is 2. The zero-order chi connectivity index (χ0) is 64.2. The third kappa shape index (κ3) is 12.8. The van der Waals surface area contributed by atoms with Gasteiger partial charge in [0.2, 0.25) is 0 Å². The number of Topliss-reactive ketones (excluding diaryl/α,β-unsaturated/α-hetero) is 1. The minimum absolute atomic E-state index is 0.0123. The average Bonchev–Trinajstić information content (AvgIpc) is 1.99. The second kappa shape index (κ2) is 27.7. The lowest BCUT2D eigenvalue weighted by molar-refractivity contribution is -0.374. The van der Waals surface area contributed by atoms with E-state index in [9.17, 15) is 50.4 Å². The van der Waals surface area contributed by atoms with Gasteiger partial charge in [-0.15, -0.1) is 0 Å². The molecule has 5 aliphatic heterocycles. The molecule has 1 aromatic rings. The normalized spacial score (nSPS) is 49.3. The highest BCUT2D eigenvalue weighted by Crippen LogP contribution is 2.70. The molecule has 5 heterocycles. The first-order valence-corrected chi connectivity index (χ1v) is 31.5. The molecular weight excluding hydrogens is 1170 g/mol. The van der Waals surface area contributed by atoms with Crippen LogP contribution < -0.4 is 0 Å². The summed E-state index contributed by atoms with van der Waals surface area (Å²) in [5.41, 5.74) is -4.39. The van der Waals surface area contributed by atoms with Crippen LogP contribution in [0.4, 0.5) is 0 Å². The fraction of sp³-hybridized carbons (Fsp3) is 0.812. The van der Waals surface area contributed by atoms with Gasteiger partial charge in [-0.2, -0.15) is 0 Å². The van der Waals surface area contributed by atoms with Crippen LogP contribution in [0, 0.1) is 22.7 Å². The third-order valence-electron chi connectivity index (χ3n) is 21.5. The van der Waals surface area contributed by atoms with Gasteiger partial charge in [0.05, 0.1) is 61.5 Å². The minimum atomic E-state index is -1.89. The second-order valence-electron chi connectivity index (χ2n) is 26.5. The number of rotatable bonds is 19. The van der Waals surface area contributed by atoms with E-state index in [1.165, 1.54) is 27.2 Å². The Morgan fingerprint density at radius 3 is 1.71 bits per heavy atom. The van der Waals surface area contributed by atoms with E-state index in [-0.39, 0.29) is 44.0 Å². The van der Waals surface area contributed by atoms with Crippen LogP contribution in [0.15, 0.2) is 48.1 Å². The lowest BCUT2D eigenvalue weighted by atomic mass is 9.42. The predicted octanol–water partition coefficient (Wildman–Crippen LogP) is 1.89. The maximum atomic E-state index is 13.7. The Hall–Kier alpha value is -3.04. The van der Waals surface area contributed by atoms with Crippen LogP contribution in [0.1, 0.15) is 112 Å². The van der Waals surface area contributed by atoms with Crippen molar-refractivity contribution in [3.05, 3.63) is 53.6 Å². The van der Waals surface area contributed by atoms with Gasteiger partial charge in [0.25, 0.3) is 0 Å². The maximum absolute atomic E-state index is 13.7. The molecule has 0 amide bonds. The number of aliphatic hydroxyl groups is 8. The first-order valence-electron chi connectivity index (χ1n) is 31.5. The Morgan fingerprint density at radius 2 is 1.16 bits per heavy atom. The lowest BCUT2D eigenvalue weighted by Crippen LogP contribution is -2.80. The number of hydrogen-bond donors (Lipinski definition) is 8. The number of esters is 1. The maximum Gasteiger partial charge on any atom is 0.331 e. The molecule has 0 spiro atoms. The molecule has 31 atom stereocenters. The molecule has 10 rings (SSSR count). The summed E-state index contributed by atoms with van der Waals surface area (Å²) < 4.78 is 93.5. The van der Waals surface area contributed by atoms with Crippen molar-refractivity contribution in [1.82, 2.24) is 0 Å². The summed E-state index contributed by atoms with van der Waals surface area (Å²) in [4.78, 5) is 27.0. The molecule has 89 heavy (non-hydrogen) atoms. The van der Waals surface area contributed by atoms with Crippen molar-refractivity contribution in [3.63, 3.8) is 0 Å². The molecule has 5 saturated heterocycles. The summed E-state index contributed by atoms with van der Waals surface area (Å²) >= 11 is 0. The Kier molecular flexibility index (Phi) is 21.4. The molecule has 4 aliphatic carbocycles. The fourth-order valence-electron chi connectivity index (χ4n) is 16.7. The summed E-state index contributed by atoms with van der Waals surface area (Å²) in [6.45, 7) is 11.6. The molecule has 3 saturated carbocycles. The van der Waals surface area contributed by atoms with E-state index in [1.54, 1.807) is 41.1 Å². The van der Waals surface area contributed by atoms with Crippen LogP contribution in [0.3, 0.4) is 0 Å². The summed E-state index contributed by atoms with van der Waals surface area (Å²) in [6, 6.07) is 9.22. The van der Waals surface area contributed by atoms with Crippen molar-refractivity contribution in [2.24, 2.45) is 22.7 Å². The Balaban J connectivity index is 0.730. The van der Waals surface area contributed by atoms with Gasteiger partial charge in [0, 0.05) is 71.0 Å². The monoisotopic (exact) mass is 1260 g/mol. The summed E-state index contributed by atoms with van der Waals surface area (Å²) in [5, 5.41) is 91.2. The van der Waals surface area contributed by atoms with Crippen molar-refractivity contribution in [2.75, 3.05) is 35.0 Å². The molecule has 0 unspecified atom stereocenters. The first-order chi connectivity index (χ1) is 42.3. The summed E-state index contributed by atoms with van der Waals surface area (Å²) in [7, 11) is 6.09. The van der Waals surface area contributed by atoms with Gasteiger partial charge < -0.3 is 112 Å². The molecule has 502 valence electrons. The van der Waals surface area contributed by atoms with E-state index in [0.717, 1.165) is 11.1 Å². The van der Waals surface area contributed by atoms with Crippen LogP contribution in [0.25, 0.3) is 6.08 Å². The van der Waals surface area contributed by atoms with Crippen molar-refractivity contribution < 1.29 is 121 Å². The number of carbonyl (C=O) groups excluding carboxylic acids is 2. The van der Waals surface area contributed by atoms with E-state index in [0.29, 0.717) is 25.7 Å². The van der Waals surface area contributed by atoms with Gasteiger partial charge >= 0.3 is 5.97 Å². The Morgan fingerprint density at radius 1 is 0.618 bits per heavy atom. The van der Waals surface area contributed by atoms with Crippen molar-refractivity contribution in [2.45, 2.75) is 271 Å². The minimum Gasteiger partial charge on any atom is -0.456 e. The van der Waals surface area contributed by atoms with E-state index < -0.39 is 194 Å². The molecule has 25 heteroatoms. The largest absolute Gasteiger partial charge is 0.456 e. The van der Waals surface area contributed by atoms with E-state index in [1.807, 2.05) is 57.2 Å². The topological polar surface area (TPSA) is 334 Å². The van der Waals surface area contributed by atoms with Crippen LogP contribution in [-0.4, -0.2) is 252 Å². The zero-order valence-corrected chi connectivity index (χ0v) is 52.8. The van der Waals surface area contributed by atoms with Gasteiger partial charge in [0.15, 0.2) is 31.5 Å². The highest BCUT2D eigenvalue weighted by atomic mass is 16.8. The molecule has 8 N–H and O–H groups in total. The van der Waals surface area contributed by atoms with Gasteiger partial charge in [-0.25, -0.2) is 4.79 Å². The fourth-order valence-corrected chi connectivity index (χ4v) is 16.7. The lowest BCUT2D eigenvalue weighted by Gasteiger charge is -2.67. The molecular formula is C64H96O25. The number of aliphatic hydroxyl groups excluding tert-OH is 6. The highest BCUT2D eigenvalue weighted by molar-refractivity contribution is 5.87. The first kappa shape index (κ1) is 68.8. The Labute approximate surface area is 520 Å².